The van der Waals surface area contributed by atoms with Gasteiger partial charge in [-0.15, -0.1) is 0 Å². The largest absolute Gasteiger partial charge is 0.508 e. The van der Waals surface area contributed by atoms with Crippen molar-refractivity contribution in [1.29, 1.82) is 0 Å². The summed E-state index contributed by atoms with van der Waals surface area (Å²) in [5, 5.41) is 29.7. The molecule has 0 bridgehead atoms. The maximum atomic E-state index is 12.1. The summed E-state index contributed by atoms with van der Waals surface area (Å²) in [4.78, 5) is 24.2. The van der Waals surface area contributed by atoms with E-state index < -0.39 is 0 Å². The first kappa shape index (κ1) is 20.1. The molecule has 2 heterocycles. The van der Waals surface area contributed by atoms with Crippen molar-refractivity contribution in [3.05, 3.63) is 99.3 Å². The molecule has 0 aliphatic heterocycles. The SMILES string of the molecule is O=c1c2cc(O)ccc2oc2cccc(O)c12.O=c1c2ccccc2oc2ccc(O)cc12. The van der Waals surface area contributed by atoms with E-state index in [-0.39, 0.29) is 38.9 Å². The predicted molar refractivity (Wildman–Crippen MR) is 125 cm³/mol. The smallest absolute Gasteiger partial charge is 0.204 e. The molecule has 162 valence electrons. The number of hydrogen-bond donors (Lipinski definition) is 3. The van der Waals surface area contributed by atoms with Crippen molar-refractivity contribution in [2.24, 2.45) is 0 Å². The molecule has 0 saturated carbocycles. The molecule has 7 nitrogen and oxygen atoms in total. The highest BCUT2D eigenvalue weighted by atomic mass is 16.3. The van der Waals surface area contributed by atoms with Crippen LogP contribution in [0.3, 0.4) is 0 Å². The fraction of sp³-hybridized carbons (Fsp3) is 0. The molecule has 0 atom stereocenters. The fourth-order valence-electron chi connectivity index (χ4n) is 3.66. The van der Waals surface area contributed by atoms with Crippen molar-refractivity contribution in [3.8, 4) is 17.2 Å². The summed E-state index contributed by atoms with van der Waals surface area (Å²) in [7, 11) is 0. The van der Waals surface area contributed by atoms with Gasteiger partial charge in [-0.1, -0.05) is 18.2 Å². The molecule has 7 heteroatoms. The van der Waals surface area contributed by atoms with Gasteiger partial charge in [-0.25, -0.2) is 0 Å². The van der Waals surface area contributed by atoms with E-state index >= 15 is 0 Å². The quantitative estimate of drug-likeness (QED) is 0.284. The lowest BCUT2D eigenvalue weighted by Crippen LogP contribution is -2.01. The third-order valence-corrected chi connectivity index (χ3v) is 5.22. The van der Waals surface area contributed by atoms with Crippen molar-refractivity contribution >= 4 is 43.9 Å². The second-order valence-electron chi connectivity index (χ2n) is 7.37. The minimum atomic E-state index is -0.352. The number of phenols is 3. The van der Waals surface area contributed by atoms with Gasteiger partial charge in [-0.2, -0.15) is 0 Å². The number of rotatable bonds is 0. The Balaban J connectivity index is 0.000000139. The van der Waals surface area contributed by atoms with E-state index in [1.807, 2.05) is 6.07 Å². The second-order valence-corrected chi connectivity index (χ2v) is 7.37. The van der Waals surface area contributed by atoms with Crippen molar-refractivity contribution in [2.75, 3.05) is 0 Å². The Hall–Kier alpha value is -4.78. The van der Waals surface area contributed by atoms with Crippen LogP contribution in [0.15, 0.2) is 97.3 Å². The zero-order valence-electron chi connectivity index (χ0n) is 17.0. The van der Waals surface area contributed by atoms with Crippen molar-refractivity contribution in [3.63, 3.8) is 0 Å². The van der Waals surface area contributed by atoms with Gasteiger partial charge in [0.05, 0.1) is 16.2 Å². The van der Waals surface area contributed by atoms with E-state index in [4.69, 9.17) is 8.83 Å². The molecule has 33 heavy (non-hydrogen) atoms. The highest BCUT2D eigenvalue weighted by Crippen LogP contribution is 2.26. The number of hydrogen-bond acceptors (Lipinski definition) is 7. The summed E-state index contributed by atoms with van der Waals surface area (Å²) >= 11 is 0. The molecule has 0 radical (unpaired) electrons. The molecule has 0 amide bonds. The molecule has 3 N–H and O–H groups in total. The number of aromatic hydroxyl groups is 3. The maximum absolute atomic E-state index is 12.1. The molecule has 0 aliphatic rings. The zero-order chi connectivity index (χ0) is 23.1. The monoisotopic (exact) mass is 440 g/mol. The second kappa shape index (κ2) is 7.72. The molecule has 0 saturated heterocycles. The summed E-state index contributed by atoms with van der Waals surface area (Å²) in [6.45, 7) is 0. The van der Waals surface area contributed by atoms with Crippen LogP contribution in [0.1, 0.15) is 0 Å². The topological polar surface area (TPSA) is 121 Å². The molecule has 2 aromatic heterocycles. The van der Waals surface area contributed by atoms with Gasteiger partial charge in [0.25, 0.3) is 0 Å². The zero-order valence-corrected chi connectivity index (χ0v) is 17.0. The predicted octanol–water partition coefficient (Wildman–Crippen LogP) is 5.01. The Bertz CT molecular complexity index is 1800. The van der Waals surface area contributed by atoms with E-state index in [0.717, 1.165) is 0 Å². The van der Waals surface area contributed by atoms with Gasteiger partial charge in [-0.3, -0.25) is 9.59 Å². The molecule has 0 spiro atoms. The first-order chi connectivity index (χ1) is 15.9. The lowest BCUT2D eigenvalue weighted by atomic mass is 10.1. The van der Waals surface area contributed by atoms with E-state index in [0.29, 0.717) is 33.1 Å². The average molecular weight is 440 g/mol. The van der Waals surface area contributed by atoms with E-state index in [9.17, 15) is 24.9 Å². The van der Waals surface area contributed by atoms with Crippen molar-refractivity contribution in [1.82, 2.24) is 0 Å². The van der Waals surface area contributed by atoms with E-state index in [1.165, 1.54) is 36.4 Å². The molecule has 6 rings (SSSR count). The first-order valence-corrected chi connectivity index (χ1v) is 9.94. The summed E-state index contributed by atoms with van der Waals surface area (Å²) in [5.74, 6) is -0.0730. The summed E-state index contributed by atoms with van der Waals surface area (Å²) in [5.41, 5.74) is 1.29. The van der Waals surface area contributed by atoms with E-state index in [2.05, 4.69) is 0 Å². The van der Waals surface area contributed by atoms with Gasteiger partial charge in [0.15, 0.2) is 0 Å². The molecule has 4 aromatic carbocycles. The number of benzene rings is 4. The molecule has 6 aromatic rings. The van der Waals surface area contributed by atoms with Crippen LogP contribution in [0.2, 0.25) is 0 Å². The Morgan fingerprint density at radius 2 is 1.06 bits per heavy atom. The van der Waals surface area contributed by atoms with Gasteiger partial charge >= 0.3 is 0 Å². The van der Waals surface area contributed by atoms with Crippen LogP contribution in [0.25, 0.3) is 43.9 Å². The Kier molecular flexibility index (Phi) is 4.71. The Morgan fingerprint density at radius 3 is 1.76 bits per heavy atom. The summed E-state index contributed by atoms with van der Waals surface area (Å²) in [6.07, 6.45) is 0. The Labute approximate surface area is 185 Å². The van der Waals surface area contributed by atoms with Crippen LogP contribution in [0, 0.1) is 0 Å². The van der Waals surface area contributed by atoms with E-state index in [1.54, 1.807) is 36.4 Å². The highest BCUT2D eigenvalue weighted by Gasteiger charge is 2.11. The van der Waals surface area contributed by atoms with Crippen LogP contribution in [-0.4, -0.2) is 15.3 Å². The number of phenolic OH excluding ortho intramolecular Hbond substituents is 3. The molecule has 0 unspecified atom stereocenters. The summed E-state index contributed by atoms with van der Waals surface area (Å²) < 4.78 is 11.1. The standard InChI is InChI=1S/C13H8O4.C13H8O3/c14-7-4-5-10-8(6-7)13(16)12-9(15)2-1-3-11(12)17-10;14-8-5-6-12-10(7-8)13(15)9-3-1-2-4-11(9)16-12/h1-6,14-15H;1-7,14H. The fourth-order valence-corrected chi connectivity index (χ4v) is 3.66. The van der Waals surface area contributed by atoms with Crippen LogP contribution in [-0.2, 0) is 0 Å². The molecule has 0 aliphatic carbocycles. The normalized spacial score (nSPS) is 11.0. The molecular formula is C26H16O7. The van der Waals surface area contributed by atoms with Crippen molar-refractivity contribution in [2.45, 2.75) is 0 Å². The van der Waals surface area contributed by atoms with Crippen LogP contribution < -0.4 is 10.9 Å². The van der Waals surface area contributed by atoms with Crippen LogP contribution in [0.4, 0.5) is 0 Å². The van der Waals surface area contributed by atoms with Gasteiger partial charge < -0.3 is 24.2 Å². The lowest BCUT2D eigenvalue weighted by molar-refractivity contribution is 0.475. The van der Waals surface area contributed by atoms with Crippen LogP contribution >= 0.6 is 0 Å². The first-order valence-electron chi connectivity index (χ1n) is 9.94. The highest BCUT2D eigenvalue weighted by molar-refractivity contribution is 5.93. The average Bonchev–Trinajstić information content (AvgIpc) is 2.81. The maximum Gasteiger partial charge on any atom is 0.204 e. The van der Waals surface area contributed by atoms with Crippen LogP contribution in [0.5, 0.6) is 17.2 Å². The summed E-state index contributed by atoms with van der Waals surface area (Å²) in [6, 6.07) is 20.5. The number of para-hydroxylation sites is 1. The van der Waals surface area contributed by atoms with Gasteiger partial charge in [0.2, 0.25) is 10.9 Å². The third kappa shape index (κ3) is 3.51. The van der Waals surface area contributed by atoms with Gasteiger partial charge in [0, 0.05) is 0 Å². The molecular weight excluding hydrogens is 424 g/mol. The lowest BCUT2D eigenvalue weighted by Gasteiger charge is -2.02. The minimum Gasteiger partial charge on any atom is -0.508 e. The van der Waals surface area contributed by atoms with Gasteiger partial charge in [0.1, 0.15) is 45.0 Å². The minimum absolute atomic E-state index is 0.0143. The third-order valence-electron chi connectivity index (χ3n) is 5.22. The number of fused-ring (bicyclic) bond motifs is 4. The Morgan fingerprint density at radius 1 is 0.515 bits per heavy atom. The van der Waals surface area contributed by atoms with Gasteiger partial charge in [-0.05, 0) is 60.7 Å². The van der Waals surface area contributed by atoms with Crippen molar-refractivity contribution < 1.29 is 24.2 Å². The molecule has 0 fully saturated rings.